The number of imide groups is 1. The van der Waals surface area contributed by atoms with Crippen molar-refractivity contribution in [3.63, 3.8) is 0 Å². The Hall–Kier alpha value is -2.18. The van der Waals surface area contributed by atoms with Crippen molar-refractivity contribution in [2.45, 2.75) is 258 Å². The van der Waals surface area contributed by atoms with Gasteiger partial charge >= 0.3 is 11.9 Å². The average molecular weight is 920 g/mol. The van der Waals surface area contributed by atoms with Crippen LogP contribution in [-0.2, 0) is 28.7 Å². The molecule has 10 unspecified atom stereocenters. The molecule has 2 amide bonds. The van der Waals surface area contributed by atoms with Crippen LogP contribution in [0.15, 0.2) is 12.2 Å². The van der Waals surface area contributed by atoms with Gasteiger partial charge in [0.25, 0.3) is 11.8 Å². The minimum Gasteiger partial charge on any atom is -0.465 e. The molecule has 378 valence electrons. The molecule has 0 aromatic rings. The summed E-state index contributed by atoms with van der Waals surface area (Å²) in [5, 5.41) is 0. The van der Waals surface area contributed by atoms with Gasteiger partial charge in [0.05, 0.1) is 13.2 Å². The maximum atomic E-state index is 12.9. The summed E-state index contributed by atoms with van der Waals surface area (Å²) in [6, 6.07) is 0. The largest absolute Gasteiger partial charge is 0.465 e. The molecule has 66 heavy (non-hydrogen) atoms. The molecule has 7 nitrogen and oxygen atoms in total. The monoisotopic (exact) mass is 920 g/mol. The van der Waals surface area contributed by atoms with E-state index in [0.29, 0.717) is 69.1 Å². The minimum absolute atomic E-state index is 0.00919. The molecule has 0 aromatic carbocycles. The van der Waals surface area contributed by atoms with Gasteiger partial charge in [-0.3, -0.25) is 24.1 Å². The topological polar surface area (TPSA) is 90.0 Å². The van der Waals surface area contributed by atoms with Crippen molar-refractivity contribution in [3.05, 3.63) is 12.2 Å². The number of carbonyl (C=O) groups excluding carboxylic acids is 4. The van der Waals surface area contributed by atoms with E-state index in [2.05, 4.69) is 20.8 Å². The van der Waals surface area contributed by atoms with Crippen LogP contribution in [0.25, 0.3) is 0 Å². The lowest BCUT2D eigenvalue weighted by atomic mass is 9.61. The summed E-state index contributed by atoms with van der Waals surface area (Å²) in [4.78, 5) is 50.1. The van der Waals surface area contributed by atoms with Crippen molar-refractivity contribution >= 4 is 23.8 Å². The van der Waals surface area contributed by atoms with Gasteiger partial charge in [0.1, 0.15) is 0 Å². The number of rotatable bonds is 38. The molecule has 4 saturated carbocycles. The maximum absolute atomic E-state index is 12.9. The summed E-state index contributed by atoms with van der Waals surface area (Å²) in [6.45, 7) is 8.55. The zero-order valence-corrected chi connectivity index (χ0v) is 43.1. The first-order valence-corrected chi connectivity index (χ1v) is 29.2. The van der Waals surface area contributed by atoms with E-state index in [1.807, 2.05) is 0 Å². The van der Waals surface area contributed by atoms with Gasteiger partial charge in [-0.2, -0.15) is 0 Å². The number of amides is 2. The third kappa shape index (κ3) is 18.6. The van der Waals surface area contributed by atoms with Gasteiger partial charge in [-0.15, -0.1) is 0 Å². The Morgan fingerprint density at radius 3 is 1.45 bits per heavy atom. The molecule has 10 atom stereocenters. The van der Waals surface area contributed by atoms with E-state index < -0.39 is 0 Å². The fourth-order valence-corrected chi connectivity index (χ4v) is 14.3. The molecule has 5 aliphatic rings. The SMILES string of the molecule is CCCCCCCCC1CCC(CCCCCC)C(CCCCCCCC)C1CCCCCCCCC(=O)OCC1CC2CC1C1CC(COC(=O)CCCCCN3C(=O)C=CC3=O)CC21. The van der Waals surface area contributed by atoms with Crippen molar-refractivity contribution in [1.82, 2.24) is 4.90 Å². The molecule has 1 aliphatic heterocycles. The van der Waals surface area contributed by atoms with Gasteiger partial charge in [-0.05, 0) is 130 Å². The summed E-state index contributed by atoms with van der Waals surface area (Å²) in [6.07, 6.45) is 49.7. The second-order valence-corrected chi connectivity index (χ2v) is 22.7. The third-order valence-electron chi connectivity index (χ3n) is 17.9. The van der Waals surface area contributed by atoms with Gasteiger partial charge in [0.2, 0.25) is 0 Å². The maximum Gasteiger partial charge on any atom is 0.305 e. The van der Waals surface area contributed by atoms with Gasteiger partial charge in [-0.25, -0.2) is 0 Å². The molecule has 4 fully saturated rings. The molecular weight excluding hydrogens is 819 g/mol. The number of unbranched alkanes of at least 4 members (excludes halogenated alkanes) is 20. The molecule has 0 N–H and O–H groups in total. The van der Waals surface area contributed by atoms with Gasteiger partial charge < -0.3 is 9.47 Å². The van der Waals surface area contributed by atoms with E-state index >= 15 is 0 Å². The predicted octanol–water partition coefficient (Wildman–Crippen LogP) is 15.7. The van der Waals surface area contributed by atoms with E-state index in [4.69, 9.17) is 9.47 Å². The number of carbonyl (C=O) groups is 4. The second-order valence-electron chi connectivity index (χ2n) is 22.7. The van der Waals surface area contributed by atoms with Crippen LogP contribution >= 0.6 is 0 Å². The summed E-state index contributed by atoms with van der Waals surface area (Å²) in [5.74, 6) is 7.02. The Morgan fingerprint density at radius 1 is 0.470 bits per heavy atom. The first kappa shape index (κ1) is 54.8. The smallest absolute Gasteiger partial charge is 0.305 e. The Labute approximate surface area is 405 Å². The molecule has 0 saturated heterocycles. The summed E-state index contributed by atoms with van der Waals surface area (Å²) in [5.41, 5.74) is 0. The highest BCUT2D eigenvalue weighted by Crippen LogP contribution is 2.62. The van der Waals surface area contributed by atoms with Crippen LogP contribution in [0, 0.1) is 59.2 Å². The Morgan fingerprint density at radius 2 is 0.909 bits per heavy atom. The van der Waals surface area contributed by atoms with Gasteiger partial charge in [-0.1, -0.05) is 175 Å². The fourth-order valence-electron chi connectivity index (χ4n) is 14.3. The van der Waals surface area contributed by atoms with Crippen LogP contribution in [0.5, 0.6) is 0 Å². The zero-order valence-electron chi connectivity index (χ0n) is 43.1. The lowest BCUT2D eigenvalue weighted by Gasteiger charge is -2.44. The zero-order chi connectivity index (χ0) is 46.8. The van der Waals surface area contributed by atoms with Crippen LogP contribution in [0.4, 0.5) is 0 Å². The third-order valence-corrected chi connectivity index (χ3v) is 17.9. The summed E-state index contributed by atoms with van der Waals surface area (Å²) in [7, 11) is 0. The number of hydrogen-bond donors (Lipinski definition) is 0. The van der Waals surface area contributed by atoms with E-state index in [1.165, 1.54) is 197 Å². The molecular formula is C59H101NO6. The minimum atomic E-state index is -0.245. The molecule has 2 bridgehead atoms. The van der Waals surface area contributed by atoms with Crippen molar-refractivity contribution in [2.24, 2.45) is 59.2 Å². The number of ether oxygens (including phenoxy) is 2. The van der Waals surface area contributed by atoms with Crippen molar-refractivity contribution in [3.8, 4) is 0 Å². The van der Waals surface area contributed by atoms with E-state index in [1.54, 1.807) is 0 Å². The standard InChI is InChI=1S/C59H101NO6/c1-4-7-10-13-17-23-30-48-36-35-47(29-22-12-9-6-3)51(31-24-18-14-11-8-5-2)52(48)32-25-19-15-16-20-26-33-59(64)66-45-50-42-49-43-54(50)55-41-46(40-53(49)55)44-65-58(63)34-27-21-28-39-60-56(61)37-38-57(60)62/h37-38,46-55H,4-36,39-45H2,1-3H3. The van der Waals surface area contributed by atoms with Crippen LogP contribution in [0.3, 0.4) is 0 Å². The molecule has 7 heteroatoms. The van der Waals surface area contributed by atoms with Crippen molar-refractivity contribution < 1.29 is 28.7 Å². The highest BCUT2D eigenvalue weighted by Gasteiger charge is 2.56. The van der Waals surface area contributed by atoms with Crippen LogP contribution < -0.4 is 0 Å². The van der Waals surface area contributed by atoms with E-state index in [-0.39, 0.29) is 23.8 Å². The Kier molecular flexibility index (Phi) is 26.4. The van der Waals surface area contributed by atoms with E-state index in [0.717, 1.165) is 67.6 Å². The average Bonchev–Trinajstić information content (AvgIpc) is 4.10. The second kappa shape index (κ2) is 31.9. The van der Waals surface area contributed by atoms with Crippen molar-refractivity contribution in [1.29, 1.82) is 0 Å². The lowest BCUT2D eigenvalue weighted by molar-refractivity contribution is -0.146. The van der Waals surface area contributed by atoms with Crippen LogP contribution in [0.1, 0.15) is 258 Å². The number of esters is 2. The number of nitrogens with zero attached hydrogens (tertiary/aromatic N) is 1. The highest BCUT2D eigenvalue weighted by molar-refractivity contribution is 6.12. The van der Waals surface area contributed by atoms with Gasteiger partial charge in [0.15, 0.2) is 0 Å². The number of fused-ring (bicyclic) bond motifs is 5. The fraction of sp³-hybridized carbons (Fsp3) is 0.898. The van der Waals surface area contributed by atoms with E-state index in [9.17, 15) is 19.2 Å². The molecule has 4 aliphatic carbocycles. The molecule has 5 rings (SSSR count). The van der Waals surface area contributed by atoms with Crippen molar-refractivity contribution in [2.75, 3.05) is 19.8 Å². The Bertz CT molecular complexity index is 1390. The molecule has 1 heterocycles. The normalized spacial score (nSPS) is 27.9. The first-order valence-electron chi connectivity index (χ1n) is 29.2. The first-order chi connectivity index (χ1) is 32.3. The van der Waals surface area contributed by atoms with Crippen LogP contribution in [0.2, 0.25) is 0 Å². The Balaban J connectivity index is 0.934. The predicted molar refractivity (Wildman–Crippen MR) is 271 cm³/mol. The molecule has 0 aromatic heterocycles. The molecule has 0 radical (unpaired) electrons. The highest BCUT2D eigenvalue weighted by atomic mass is 16.5. The summed E-state index contributed by atoms with van der Waals surface area (Å²) >= 11 is 0. The molecule has 0 spiro atoms. The number of hydrogen-bond acceptors (Lipinski definition) is 6. The summed E-state index contributed by atoms with van der Waals surface area (Å²) < 4.78 is 11.7. The quantitative estimate of drug-likeness (QED) is 0.0348. The van der Waals surface area contributed by atoms with Crippen LogP contribution in [-0.4, -0.2) is 48.4 Å². The lowest BCUT2D eigenvalue weighted by Crippen LogP contribution is -2.35. The van der Waals surface area contributed by atoms with Gasteiger partial charge in [0, 0.05) is 31.5 Å².